The van der Waals surface area contributed by atoms with Gasteiger partial charge in [0.05, 0.1) is 5.69 Å². The van der Waals surface area contributed by atoms with Gasteiger partial charge in [-0.15, -0.1) is 0 Å². The van der Waals surface area contributed by atoms with E-state index >= 15 is 0 Å². The quantitative estimate of drug-likeness (QED) is 0.549. The highest BCUT2D eigenvalue weighted by atomic mass is 16.6. The van der Waals surface area contributed by atoms with Crippen LogP contribution in [0.2, 0.25) is 0 Å². The van der Waals surface area contributed by atoms with Gasteiger partial charge in [-0.25, -0.2) is 9.59 Å². The largest absolute Gasteiger partial charge is 0.477 e. The topological polar surface area (TPSA) is 115 Å². The molecule has 0 saturated heterocycles. The van der Waals surface area contributed by atoms with E-state index in [9.17, 15) is 14.4 Å². The van der Waals surface area contributed by atoms with Gasteiger partial charge in [-0.3, -0.25) is 10.1 Å². The molecule has 2 aromatic heterocycles. The summed E-state index contributed by atoms with van der Waals surface area (Å²) in [6.45, 7) is 5.38. The zero-order chi connectivity index (χ0) is 23.6. The van der Waals surface area contributed by atoms with Gasteiger partial charge in [-0.05, 0) is 50.6 Å². The number of carboxylic acids is 1. The molecule has 0 saturated carbocycles. The number of carboxylic acid groups (broad SMARTS) is 1. The van der Waals surface area contributed by atoms with Gasteiger partial charge in [0.25, 0.3) is 5.91 Å². The standard InChI is InChI=1S/C23H26N4O5/c1-23(2,3)32-22(31)25-16-8-6-14(7-9-16)15-10-18(26(4)12-15)20(28)24-17-11-19(21(29)30)27(5)13-17/h6-13H,1-5H3,(H,24,28)(H,25,31)(H,29,30). The fourth-order valence-corrected chi connectivity index (χ4v) is 3.16. The van der Waals surface area contributed by atoms with E-state index in [0.29, 0.717) is 17.1 Å². The Morgan fingerprint density at radius 2 is 1.47 bits per heavy atom. The van der Waals surface area contributed by atoms with Gasteiger partial charge in [0.2, 0.25) is 0 Å². The van der Waals surface area contributed by atoms with E-state index in [0.717, 1.165) is 11.1 Å². The summed E-state index contributed by atoms with van der Waals surface area (Å²) < 4.78 is 8.37. The van der Waals surface area contributed by atoms with E-state index in [4.69, 9.17) is 9.84 Å². The van der Waals surface area contributed by atoms with Crippen LogP contribution in [0.25, 0.3) is 11.1 Å². The van der Waals surface area contributed by atoms with Gasteiger partial charge < -0.3 is 24.3 Å². The first-order chi connectivity index (χ1) is 14.9. The summed E-state index contributed by atoms with van der Waals surface area (Å²) in [5, 5.41) is 14.6. The molecular weight excluding hydrogens is 412 g/mol. The Bertz CT molecular complexity index is 1170. The van der Waals surface area contributed by atoms with Crippen molar-refractivity contribution in [1.82, 2.24) is 9.13 Å². The van der Waals surface area contributed by atoms with Gasteiger partial charge in [0.1, 0.15) is 17.0 Å². The van der Waals surface area contributed by atoms with Crippen LogP contribution in [-0.4, -0.2) is 37.8 Å². The van der Waals surface area contributed by atoms with Crippen molar-refractivity contribution >= 4 is 29.3 Å². The monoisotopic (exact) mass is 438 g/mol. The van der Waals surface area contributed by atoms with Crippen LogP contribution in [0.5, 0.6) is 0 Å². The van der Waals surface area contributed by atoms with E-state index in [1.165, 1.54) is 10.6 Å². The average molecular weight is 438 g/mol. The van der Waals surface area contributed by atoms with E-state index in [-0.39, 0.29) is 11.6 Å². The van der Waals surface area contributed by atoms with E-state index in [2.05, 4.69) is 10.6 Å². The van der Waals surface area contributed by atoms with Gasteiger partial charge in [0.15, 0.2) is 0 Å². The molecule has 3 rings (SSSR count). The first-order valence-corrected chi connectivity index (χ1v) is 9.91. The molecule has 0 atom stereocenters. The molecule has 0 aliphatic carbocycles. The molecule has 32 heavy (non-hydrogen) atoms. The number of hydrogen-bond donors (Lipinski definition) is 3. The molecule has 0 bridgehead atoms. The maximum absolute atomic E-state index is 12.7. The zero-order valence-corrected chi connectivity index (χ0v) is 18.6. The van der Waals surface area contributed by atoms with Crippen LogP contribution < -0.4 is 10.6 Å². The summed E-state index contributed by atoms with van der Waals surface area (Å²) in [5.41, 5.74) is 2.58. The molecule has 1 aromatic carbocycles. The molecule has 0 unspecified atom stereocenters. The Morgan fingerprint density at radius 3 is 2.03 bits per heavy atom. The number of amides is 2. The SMILES string of the molecule is Cn1cc(NC(=O)c2cc(-c3ccc(NC(=O)OC(C)(C)C)cc3)cn2C)cc1C(=O)O. The average Bonchev–Trinajstić information content (AvgIpc) is 3.23. The zero-order valence-electron chi connectivity index (χ0n) is 18.6. The first kappa shape index (κ1) is 22.7. The van der Waals surface area contributed by atoms with Crippen LogP contribution in [-0.2, 0) is 18.8 Å². The van der Waals surface area contributed by atoms with Crippen LogP contribution in [0.1, 0.15) is 41.7 Å². The molecular formula is C23H26N4O5. The van der Waals surface area contributed by atoms with Gasteiger partial charge >= 0.3 is 12.1 Å². The Morgan fingerprint density at radius 1 is 0.844 bits per heavy atom. The van der Waals surface area contributed by atoms with E-state index in [1.54, 1.807) is 63.8 Å². The second kappa shape index (κ2) is 8.62. The lowest BCUT2D eigenvalue weighted by Gasteiger charge is -2.19. The van der Waals surface area contributed by atoms with Crippen molar-refractivity contribution < 1.29 is 24.2 Å². The predicted octanol–water partition coefficient (Wildman–Crippen LogP) is 4.33. The van der Waals surface area contributed by atoms with Crippen LogP contribution in [0.3, 0.4) is 0 Å². The Labute approximate surface area is 185 Å². The number of carbonyl (C=O) groups is 3. The van der Waals surface area contributed by atoms with Crippen molar-refractivity contribution in [3.05, 3.63) is 60.2 Å². The van der Waals surface area contributed by atoms with Crippen LogP contribution in [0.4, 0.5) is 16.2 Å². The molecule has 2 amide bonds. The smallest absolute Gasteiger partial charge is 0.412 e. The second-order valence-corrected chi connectivity index (χ2v) is 8.41. The molecule has 0 fully saturated rings. The van der Waals surface area contributed by atoms with Crippen LogP contribution in [0.15, 0.2) is 48.8 Å². The molecule has 168 valence electrons. The lowest BCUT2D eigenvalue weighted by Crippen LogP contribution is -2.27. The van der Waals surface area contributed by atoms with Crippen molar-refractivity contribution in [3.63, 3.8) is 0 Å². The number of nitrogens with zero attached hydrogens (tertiary/aromatic N) is 2. The molecule has 0 radical (unpaired) electrons. The third-order valence-corrected chi connectivity index (χ3v) is 4.58. The highest BCUT2D eigenvalue weighted by Gasteiger charge is 2.17. The summed E-state index contributed by atoms with van der Waals surface area (Å²) in [6.07, 6.45) is 2.83. The number of carbonyl (C=O) groups excluding carboxylic acids is 2. The van der Waals surface area contributed by atoms with Crippen molar-refractivity contribution in [2.75, 3.05) is 10.6 Å². The van der Waals surface area contributed by atoms with Crippen LogP contribution >= 0.6 is 0 Å². The van der Waals surface area contributed by atoms with E-state index in [1.807, 2.05) is 18.3 Å². The second-order valence-electron chi connectivity index (χ2n) is 8.41. The van der Waals surface area contributed by atoms with Gasteiger partial charge in [0, 0.05) is 37.7 Å². The summed E-state index contributed by atoms with van der Waals surface area (Å²) in [6, 6.07) is 10.3. The van der Waals surface area contributed by atoms with Crippen LogP contribution in [0, 0.1) is 0 Å². The highest BCUT2D eigenvalue weighted by molar-refractivity contribution is 6.04. The maximum atomic E-state index is 12.7. The van der Waals surface area contributed by atoms with Crippen molar-refractivity contribution in [2.45, 2.75) is 26.4 Å². The minimum atomic E-state index is -1.07. The number of aromatic nitrogens is 2. The maximum Gasteiger partial charge on any atom is 0.412 e. The number of aryl methyl sites for hydroxylation is 2. The minimum Gasteiger partial charge on any atom is -0.477 e. The molecule has 3 N–H and O–H groups in total. The highest BCUT2D eigenvalue weighted by Crippen LogP contribution is 2.25. The number of anilines is 2. The Kier molecular flexibility index (Phi) is 6.11. The third kappa shape index (κ3) is 5.37. The molecule has 0 aliphatic rings. The number of nitrogens with one attached hydrogen (secondary N) is 2. The molecule has 0 spiro atoms. The molecule has 2 heterocycles. The fourth-order valence-electron chi connectivity index (χ4n) is 3.16. The normalized spacial score (nSPS) is 11.2. The lowest BCUT2D eigenvalue weighted by molar-refractivity contribution is 0.0633. The molecule has 9 nitrogen and oxygen atoms in total. The minimum absolute atomic E-state index is 0.0768. The van der Waals surface area contributed by atoms with Gasteiger partial charge in [-0.2, -0.15) is 0 Å². The summed E-state index contributed by atoms with van der Waals surface area (Å²) in [5.74, 6) is -1.43. The van der Waals surface area contributed by atoms with E-state index < -0.39 is 17.7 Å². The number of rotatable bonds is 5. The third-order valence-electron chi connectivity index (χ3n) is 4.58. The molecule has 0 aliphatic heterocycles. The predicted molar refractivity (Wildman–Crippen MR) is 121 cm³/mol. The Hall–Kier alpha value is -4.01. The van der Waals surface area contributed by atoms with Crippen molar-refractivity contribution in [2.24, 2.45) is 14.1 Å². The molecule has 3 aromatic rings. The van der Waals surface area contributed by atoms with Crippen molar-refractivity contribution in [1.29, 1.82) is 0 Å². The first-order valence-electron chi connectivity index (χ1n) is 9.91. The number of benzene rings is 1. The summed E-state index contributed by atoms with van der Waals surface area (Å²) in [7, 11) is 3.35. The van der Waals surface area contributed by atoms with Crippen molar-refractivity contribution in [3.8, 4) is 11.1 Å². The summed E-state index contributed by atoms with van der Waals surface area (Å²) >= 11 is 0. The fraction of sp³-hybridized carbons (Fsp3) is 0.261. The number of ether oxygens (including phenoxy) is 1. The number of aromatic carboxylic acids is 1. The Balaban J connectivity index is 1.72. The number of hydrogen-bond acceptors (Lipinski definition) is 4. The lowest BCUT2D eigenvalue weighted by atomic mass is 10.1. The molecule has 9 heteroatoms. The van der Waals surface area contributed by atoms with Gasteiger partial charge in [-0.1, -0.05) is 12.1 Å². The summed E-state index contributed by atoms with van der Waals surface area (Å²) in [4.78, 5) is 35.8.